The zero-order valence-electron chi connectivity index (χ0n) is 13.6. The van der Waals surface area contributed by atoms with Gasteiger partial charge >= 0.3 is 5.97 Å². The van der Waals surface area contributed by atoms with Gasteiger partial charge in [0.2, 0.25) is 0 Å². The van der Waals surface area contributed by atoms with Gasteiger partial charge in [0.25, 0.3) is 5.91 Å². The standard InChI is InChI=1S/C18H21NO4/c1-4-13-8-6-9-14(5-2)16(13)19(12(3)18(21)22)17(20)15-10-7-11-23-15/h6-12H,4-5H2,1-3H3,(H,21,22)/t12-/m0/s1. The Bertz CT molecular complexity index is 669. The fourth-order valence-corrected chi connectivity index (χ4v) is 2.63. The fourth-order valence-electron chi connectivity index (χ4n) is 2.63. The van der Waals surface area contributed by atoms with Crippen LogP contribution in [0.1, 0.15) is 42.5 Å². The molecule has 0 aliphatic carbocycles. The molecular weight excluding hydrogens is 294 g/mol. The first-order valence-electron chi connectivity index (χ1n) is 7.71. The van der Waals surface area contributed by atoms with Gasteiger partial charge in [0.05, 0.1) is 12.0 Å². The Kier molecular flexibility index (Phi) is 5.21. The second kappa shape index (κ2) is 7.13. The highest BCUT2D eigenvalue weighted by atomic mass is 16.4. The van der Waals surface area contributed by atoms with Gasteiger partial charge in [0, 0.05) is 0 Å². The molecule has 1 aromatic heterocycles. The van der Waals surface area contributed by atoms with Crippen LogP contribution in [-0.2, 0) is 17.6 Å². The first-order valence-corrected chi connectivity index (χ1v) is 7.71. The lowest BCUT2D eigenvalue weighted by molar-refractivity contribution is -0.138. The van der Waals surface area contributed by atoms with Crippen molar-refractivity contribution < 1.29 is 19.1 Å². The van der Waals surface area contributed by atoms with Crippen LogP contribution in [0, 0.1) is 0 Å². The van der Waals surface area contributed by atoms with Crippen LogP contribution < -0.4 is 4.90 Å². The van der Waals surface area contributed by atoms with Gasteiger partial charge in [-0.25, -0.2) is 4.79 Å². The van der Waals surface area contributed by atoms with E-state index in [9.17, 15) is 14.7 Å². The van der Waals surface area contributed by atoms with Gasteiger partial charge in [-0.2, -0.15) is 0 Å². The van der Waals surface area contributed by atoms with E-state index in [2.05, 4.69) is 0 Å². The summed E-state index contributed by atoms with van der Waals surface area (Å²) in [6.07, 6.45) is 2.82. The van der Waals surface area contributed by atoms with E-state index in [0.717, 1.165) is 11.1 Å². The lowest BCUT2D eigenvalue weighted by Crippen LogP contribution is -2.44. The van der Waals surface area contributed by atoms with E-state index < -0.39 is 17.9 Å². The van der Waals surface area contributed by atoms with Crippen LogP contribution in [0.25, 0.3) is 0 Å². The number of carbonyl (C=O) groups is 2. The van der Waals surface area contributed by atoms with E-state index in [1.54, 1.807) is 12.1 Å². The number of carboxylic acids is 1. The first-order chi connectivity index (χ1) is 11.0. The Hall–Kier alpha value is -2.56. The Balaban J connectivity index is 2.63. The molecule has 122 valence electrons. The zero-order chi connectivity index (χ0) is 17.0. The molecule has 0 radical (unpaired) electrons. The quantitative estimate of drug-likeness (QED) is 0.885. The highest BCUT2D eigenvalue weighted by Gasteiger charge is 2.32. The molecule has 0 saturated heterocycles. The number of hydrogen-bond donors (Lipinski definition) is 1. The summed E-state index contributed by atoms with van der Waals surface area (Å²) < 4.78 is 5.19. The van der Waals surface area contributed by atoms with Gasteiger partial charge in [-0.3, -0.25) is 9.69 Å². The molecular formula is C18H21NO4. The number of carbonyl (C=O) groups excluding carboxylic acids is 1. The van der Waals surface area contributed by atoms with E-state index in [1.165, 1.54) is 18.1 Å². The summed E-state index contributed by atoms with van der Waals surface area (Å²) in [7, 11) is 0. The monoisotopic (exact) mass is 315 g/mol. The molecule has 23 heavy (non-hydrogen) atoms. The number of benzene rings is 1. The van der Waals surface area contributed by atoms with Crippen LogP contribution in [0.3, 0.4) is 0 Å². The van der Waals surface area contributed by atoms with Gasteiger partial charge in [0.15, 0.2) is 5.76 Å². The van der Waals surface area contributed by atoms with E-state index in [4.69, 9.17) is 4.42 Å². The summed E-state index contributed by atoms with van der Waals surface area (Å²) in [6.45, 7) is 5.48. The number of para-hydroxylation sites is 1. The molecule has 1 aromatic carbocycles. The molecule has 1 N–H and O–H groups in total. The summed E-state index contributed by atoms with van der Waals surface area (Å²) in [5.74, 6) is -1.37. The normalized spacial score (nSPS) is 12.0. The third kappa shape index (κ3) is 3.28. The minimum Gasteiger partial charge on any atom is -0.480 e. The molecule has 5 heteroatoms. The molecule has 0 fully saturated rings. The average molecular weight is 315 g/mol. The molecule has 2 rings (SSSR count). The Morgan fingerprint density at radius 3 is 2.17 bits per heavy atom. The zero-order valence-corrected chi connectivity index (χ0v) is 13.6. The third-order valence-corrected chi connectivity index (χ3v) is 3.90. The summed E-state index contributed by atoms with van der Waals surface area (Å²) >= 11 is 0. The number of aliphatic carboxylic acids is 1. The summed E-state index contributed by atoms with van der Waals surface area (Å²) in [5.41, 5.74) is 2.56. The number of hydrogen-bond acceptors (Lipinski definition) is 3. The lowest BCUT2D eigenvalue weighted by atomic mass is 10.00. The molecule has 1 amide bonds. The molecule has 0 unspecified atom stereocenters. The number of amides is 1. The van der Waals surface area contributed by atoms with E-state index >= 15 is 0 Å². The summed E-state index contributed by atoms with van der Waals surface area (Å²) in [4.78, 5) is 25.8. The van der Waals surface area contributed by atoms with Crippen molar-refractivity contribution >= 4 is 17.6 Å². The second-order valence-electron chi connectivity index (χ2n) is 5.30. The highest BCUT2D eigenvalue weighted by Crippen LogP contribution is 2.30. The maximum Gasteiger partial charge on any atom is 0.326 e. The van der Waals surface area contributed by atoms with E-state index in [1.807, 2.05) is 32.0 Å². The number of furan rings is 1. The second-order valence-corrected chi connectivity index (χ2v) is 5.30. The van der Waals surface area contributed by atoms with Crippen LogP contribution in [0.4, 0.5) is 5.69 Å². The van der Waals surface area contributed by atoms with Crippen LogP contribution in [0.5, 0.6) is 0 Å². The molecule has 1 heterocycles. The van der Waals surface area contributed by atoms with Crippen molar-refractivity contribution in [3.05, 3.63) is 53.5 Å². The van der Waals surface area contributed by atoms with Crippen molar-refractivity contribution in [3.8, 4) is 0 Å². The van der Waals surface area contributed by atoms with Crippen LogP contribution in [0.15, 0.2) is 41.0 Å². The molecule has 0 bridgehead atoms. The number of rotatable bonds is 6. The maximum absolute atomic E-state index is 12.9. The van der Waals surface area contributed by atoms with E-state index in [0.29, 0.717) is 18.5 Å². The number of aryl methyl sites for hydroxylation is 2. The topological polar surface area (TPSA) is 70.8 Å². The van der Waals surface area contributed by atoms with Gasteiger partial charge in [0.1, 0.15) is 6.04 Å². The number of nitrogens with zero attached hydrogens (tertiary/aromatic N) is 1. The molecule has 0 saturated carbocycles. The molecule has 5 nitrogen and oxygen atoms in total. The van der Waals surface area contributed by atoms with Crippen molar-refractivity contribution in [2.75, 3.05) is 4.90 Å². The van der Waals surface area contributed by atoms with Crippen molar-refractivity contribution in [1.82, 2.24) is 0 Å². The Morgan fingerprint density at radius 2 is 1.74 bits per heavy atom. The Morgan fingerprint density at radius 1 is 1.13 bits per heavy atom. The van der Waals surface area contributed by atoms with Crippen molar-refractivity contribution in [1.29, 1.82) is 0 Å². The molecule has 0 aliphatic heterocycles. The van der Waals surface area contributed by atoms with E-state index in [-0.39, 0.29) is 5.76 Å². The van der Waals surface area contributed by atoms with Crippen molar-refractivity contribution in [3.63, 3.8) is 0 Å². The SMILES string of the molecule is CCc1cccc(CC)c1N(C(=O)c1ccco1)[C@@H](C)C(=O)O. The van der Waals surface area contributed by atoms with Crippen LogP contribution >= 0.6 is 0 Å². The van der Waals surface area contributed by atoms with Crippen molar-refractivity contribution in [2.24, 2.45) is 0 Å². The fraction of sp³-hybridized carbons (Fsp3) is 0.333. The van der Waals surface area contributed by atoms with Gasteiger partial charge in [-0.05, 0) is 43.0 Å². The predicted octanol–water partition coefficient (Wildman–Crippen LogP) is 3.52. The van der Waals surface area contributed by atoms with Gasteiger partial charge in [-0.15, -0.1) is 0 Å². The largest absolute Gasteiger partial charge is 0.480 e. The van der Waals surface area contributed by atoms with Crippen molar-refractivity contribution in [2.45, 2.75) is 39.7 Å². The average Bonchev–Trinajstić information content (AvgIpc) is 3.09. The van der Waals surface area contributed by atoms with Gasteiger partial charge < -0.3 is 9.52 Å². The van der Waals surface area contributed by atoms with Gasteiger partial charge in [-0.1, -0.05) is 32.0 Å². The minimum absolute atomic E-state index is 0.131. The molecule has 0 spiro atoms. The Labute approximate surface area is 135 Å². The number of carboxylic acid groups (broad SMARTS) is 1. The van der Waals surface area contributed by atoms with Crippen LogP contribution in [0.2, 0.25) is 0 Å². The molecule has 1 atom stereocenters. The van der Waals surface area contributed by atoms with Crippen LogP contribution in [-0.4, -0.2) is 23.0 Å². The predicted molar refractivity (Wildman–Crippen MR) is 87.8 cm³/mol. The summed E-state index contributed by atoms with van der Waals surface area (Å²) in [6, 6.07) is 7.94. The maximum atomic E-state index is 12.9. The minimum atomic E-state index is -1.06. The molecule has 0 aliphatic rings. The highest BCUT2D eigenvalue weighted by molar-refractivity contribution is 6.08. The first kappa shape index (κ1) is 16.8. The molecule has 2 aromatic rings. The number of anilines is 1. The third-order valence-electron chi connectivity index (χ3n) is 3.90. The smallest absolute Gasteiger partial charge is 0.326 e. The summed E-state index contributed by atoms with van der Waals surface area (Å²) in [5, 5.41) is 9.46. The lowest BCUT2D eigenvalue weighted by Gasteiger charge is -2.30.